The molecule has 0 aromatic carbocycles. The van der Waals surface area contributed by atoms with E-state index in [2.05, 4.69) is 5.32 Å². The normalized spacial score (nSPS) is 16.4. The molecule has 0 bridgehead atoms. The van der Waals surface area contributed by atoms with E-state index in [1.165, 1.54) is 25.8 Å². The molecule has 0 spiro atoms. The highest BCUT2D eigenvalue weighted by Crippen LogP contribution is 2.30. The number of carbonyl (C=O) groups excluding carboxylic acids is 3. The van der Waals surface area contributed by atoms with Gasteiger partial charge in [-0.15, -0.1) is 0 Å². The van der Waals surface area contributed by atoms with Gasteiger partial charge in [0.15, 0.2) is 0 Å². The lowest BCUT2D eigenvalue weighted by atomic mass is 9.74. The lowest BCUT2D eigenvalue weighted by molar-refractivity contribution is -0.152. The van der Waals surface area contributed by atoms with Gasteiger partial charge in [0, 0.05) is 7.05 Å². The summed E-state index contributed by atoms with van der Waals surface area (Å²) in [6.45, 7) is 5.68. The lowest BCUT2D eigenvalue weighted by Crippen LogP contribution is -2.58. The van der Waals surface area contributed by atoms with E-state index in [4.69, 9.17) is 0 Å². The molecular weight excluding hydrogens is 278 g/mol. The minimum atomic E-state index is -1.21. The number of nitrogens with one attached hydrogen (secondary N) is 1. The van der Waals surface area contributed by atoms with E-state index in [0.717, 1.165) is 4.90 Å². The molecule has 0 saturated carbocycles. The van der Waals surface area contributed by atoms with Crippen molar-refractivity contribution >= 4 is 23.8 Å². The predicted molar refractivity (Wildman–Crippen MR) is 73.4 cm³/mol. The van der Waals surface area contributed by atoms with Gasteiger partial charge < -0.3 is 15.3 Å². The minimum Gasteiger partial charge on any atom is -0.481 e. The van der Waals surface area contributed by atoms with Gasteiger partial charge in [-0.2, -0.15) is 0 Å². The number of carboxylic acids is 1. The number of carbonyl (C=O) groups is 4. The van der Waals surface area contributed by atoms with E-state index in [1.807, 2.05) is 0 Å². The molecular formula is C13H21N3O5. The maximum absolute atomic E-state index is 12.0. The van der Waals surface area contributed by atoms with E-state index in [-0.39, 0.29) is 6.54 Å². The van der Waals surface area contributed by atoms with Crippen molar-refractivity contribution in [3.63, 3.8) is 0 Å². The van der Waals surface area contributed by atoms with Gasteiger partial charge in [-0.3, -0.25) is 19.3 Å². The number of amides is 4. The number of likely N-dealkylation sites (N-methyl/N-ethyl adjacent to an activating group) is 1. The van der Waals surface area contributed by atoms with Crippen molar-refractivity contribution < 1.29 is 24.3 Å². The maximum atomic E-state index is 12.0. The summed E-state index contributed by atoms with van der Waals surface area (Å²) in [6, 6.07) is -0.537. The van der Waals surface area contributed by atoms with Crippen molar-refractivity contribution in [2.75, 3.05) is 20.1 Å². The molecule has 1 saturated heterocycles. The van der Waals surface area contributed by atoms with Crippen molar-refractivity contribution in [3.8, 4) is 0 Å². The molecule has 0 radical (unpaired) electrons. The van der Waals surface area contributed by atoms with Crippen LogP contribution >= 0.6 is 0 Å². The Hall–Kier alpha value is -2.12. The van der Waals surface area contributed by atoms with Crippen LogP contribution in [0.2, 0.25) is 0 Å². The van der Waals surface area contributed by atoms with Crippen LogP contribution in [0.1, 0.15) is 27.7 Å². The SMILES string of the molecule is CN1CC(=O)N(CC(=O)NC(C)(C)C(C)(C)C(=O)O)C1=O. The van der Waals surface area contributed by atoms with E-state index in [0.29, 0.717) is 0 Å². The summed E-state index contributed by atoms with van der Waals surface area (Å²) in [7, 11) is 1.47. The molecule has 8 heteroatoms. The highest BCUT2D eigenvalue weighted by atomic mass is 16.4. The number of hydrogen-bond donors (Lipinski definition) is 2. The van der Waals surface area contributed by atoms with Gasteiger partial charge in [0.1, 0.15) is 13.1 Å². The number of aliphatic carboxylic acids is 1. The van der Waals surface area contributed by atoms with Gasteiger partial charge in [-0.25, -0.2) is 4.79 Å². The number of hydrogen-bond acceptors (Lipinski definition) is 4. The van der Waals surface area contributed by atoms with E-state index in [9.17, 15) is 24.3 Å². The van der Waals surface area contributed by atoms with Gasteiger partial charge in [0.25, 0.3) is 5.91 Å². The van der Waals surface area contributed by atoms with Crippen LogP contribution in [-0.4, -0.2) is 64.4 Å². The second-order valence-corrected chi connectivity index (χ2v) is 6.22. The van der Waals surface area contributed by atoms with Crippen LogP contribution in [0, 0.1) is 5.41 Å². The number of carboxylic acid groups (broad SMARTS) is 1. The Balaban J connectivity index is 2.76. The summed E-state index contributed by atoms with van der Waals surface area (Å²) in [5, 5.41) is 11.8. The monoisotopic (exact) mass is 299 g/mol. The van der Waals surface area contributed by atoms with Gasteiger partial charge in [0.05, 0.1) is 11.0 Å². The Morgan fingerprint density at radius 2 is 1.76 bits per heavy atom. The van der Waals surface area contributed by atoms with Crippen molar-refractivity contribution in [2.45, 2.75) is 33.2 Å². The topological polar surface area (TPSA) is 107 Å². The molecule has 0 unspecified atom stereocenters. The third-order valence-corrected chi connectivity index (χ3v) is 4.08. The molecule has 21 heavy (non-hydrogen) atoms. The maximum Gasteiger partial charge on any atom is 0.327 e. The zero-order valence-corrected chi connectivity index (χ0v) is 12.9. The molecule has 0 aromatic rings. The Morgan fingerprint density at radius 3 is 2.14 bits per heavy atom. The van der Waals surface area contributed by atoms with Crippen molar-refractivity contribution in [3.05, 3.63) is 0 Å². The van der Waals surface area contributed by atoms with Crippen LogP contribution < -0.4 is 5.32 Å². The predicted octanol–water partition coefficient (Wildman–Crippen LogP) is -0.114. The van der Waals surface area contributed by atoms with Crippen molar-refractivity contribution in [1.82, 2.24) is 15.1 Å². The Bertz CT molecular complexity index is 498. The van der Waals surface area contributed by atoms with Gasteiger partial charge >= 0.3 is 12.0 Å². The van der Waals surface area contributed by atoms with Crippen LogP contribution in [-0.2, 0) is 14.4 Å². The summed E-state index contributed by atoms with van der Waals surface area (Å²) in [5.41, 5.74) is -2.26. The summed E-state index contributed by atoms with van der Waals surface area (Å²) in [6.07, 6.45) is 0. The molecule has 0 aliphatic carbocycles. The number of nitrogens with zero attached hydrogens (tertiary/aromatic N) is 2. The summed E-state index contributed by atoms with van der Waals surface area (Å²) in [5.74, 6) is -2.08. The fraction of sp³-hybridized carbons (Fsp3) is 0.692. The molecule has 118 valence electrons. The minimum absolute atomic E-state index is 0.0594. The smallest absolute Gasteiger partial charge is 0.327 e. The summed E-state index contributed by atoms with van der Waals surface area (Å²) in [4.78, 5) is 48.6. The molecule has 1 aliphatic heterocycles. The zero-order valence-electron chi connectivity index (χ0n) is 12.9. The van der Waals surface area contributed by atoms with E-state index < -0.39 is 41.3 Å². The average Bonchev–Trinajstić information content (AvgIpc) is 2.54. The summed E-state index contributed by atoms with van der Waals surface area (Å²) < 4.78 is 0. The number of urea groups is 1. The number of imide groups is 1. The summed E-state index contributed by atoms with van der Waals surface area (Å²) >= 11 is 0. The Morgan fingerprint density at radius 1 is 1.24 bits per heavy atom. The second kappa shape index (κ2) is 5.34. The fourth-order valence-corrected chi connectivity index (χ4v) is 1.78. The molecule has 0 atom stereocenters. The third-order valence-electron chi connectivity index (χ3n) is 4.08. The molecule has 2 N–H and O–H groups in total. The van der Waals surface area contributed by atoms with Gasteiger partial charge in [-0.05, 0) is 27.7 Å². The molecule has 1 aliphatic rings. The lowest BCUT2D eigenvalue weighted by Gasteiger charge is -2.39. The van der Waals surface area contributed by atoms with Crippen LogP contribution in [0.4, 0.5) is 4.79 Å². The molecule has 4 amide bonds. The zero-order chi connectivity index (χ0) is 16.6. The Labute approximate surface area is 123 Å². The number of rotatable bonds is 5. The van der Waals surface area contributed by atoms with Crippen LogP contribution in [0.25, 0.3) is 0 Å². The van der Waals surface area contributed by atoms with E-state index >= 15 is 0 Å². The largest absolute Gasteiger partial charge is 0.481 e. The molecule has 1 fully saturated rings. The first-order valence-electron chi connectivity index (χ1n) is 6.50. The molecule has 8 nitrogen and oxygen atoms in total. The van der Waals surface area contributed by atoms with E-state index in [1.54, 1.807) is 13.8 Å². The second-order valence-electron chi connectivity index (χ2n) is 6.22. The standard InChI is InChI=1S/C13H21N3O5/c1-12(2,10(19)20)13(3,4)14-8(17)6-16-9(18)7-15(5)11(16)21/h6-7H2,1-5H3,(H,14,17)(H,19,20). The van der Waals surface area contributed by atoms with Crippen molar-refractivity contribution in [1.29, 1.82) is 0 Å². The Kier molecular flexibility index (Phi) is 4.31. The molecule has 1 rings (SSSR count). The third kappa shape index (κ3) is 3.14. The van der Waals surface area contributed by atoms with Crippen molar-refractivity contribution in [2.24, 2.45) is 5.41 Å². The highest BCUT2D eigenvalue weighted by molar-refractivity contribution is 6.04. The first kappa shape index (κ1) is 16.9. The average molecular weight is 299 g/mol. The van der Waals surface area contributed by atoms with Crippen LogP contribution in [0.15, 0.2) is 0 Å². The van der Waals surface area contributed by atoms with Gasteiger partial charge in [-0.1, -0.05) is 0 Å². The van der Waals surface area contributed by atoms with Crippen LogP contribution in [0.5, 0.6) is 0 Å². The fourth-order valence-electron chi connectivity index (χ4n) is 1.78. The van der Waals surface area contributed by atoms with Gasteiger partial charge in [0.2, 0.25) is 5.91 Å². The quantitative estimate of drug-likeness (QED) is 0.689. The van der Waals surface area contributed by atoms with Crippen LogP contribution in [0.3, 0.4) is 0 Å². The molecule has 0 aromatic heterocycles. The first-order valence-corrected chi connectivity index (χ1v) is 6.50. The molecule has 1 heterocycles. The first-order chi connectivity index (χ1) is 9.40. The highest BCUT2D eigenvalue weighted by Gasteiger charge is 2.45.